The van der Waals surface area contributed by atoms with Crippen molar-refractivity contribution in [2.45, 2.75) is 103 Å². The molecule has 0 aromatic heterocycles. The van der Waals surface area contributed by atoms with Gasteiger partial charge in [-0.2, -0.15) is 0 Å². The smallest absolute Gasteiger partial charge is 0.135 e. The van der Waals surface area contributed by atoms with Crippen molar-refractivity contribution < 1.29 is 12.4 Å². The third kappa shape index (κ3) is 11.2. The summed E-state index contributed by atoms with van der Waals surface area (Å²) in [5.41, 5.74) is 3.09. The van der Waals surface area contributed by atoms with Gasteiger partial charge in [0, 0.05) is 5.56 Å². The molecule has 0 saturated heterocycles. The average Bonchev–Trinajstić information content (AvgIpc) is 2.61. The van der Waals surface area contributed by atoms with Crippen LogP contribution in [0.2, 0.25) is 0 Å². The Kier molecular flexibility index (Phi) is 15.1. The summed E-state index contributed by atoms with van der Waals surface area (Å²) in [7, 11) is 6.88. The van der Waals surface area contributed by atoms with E-state index in [1.807, 2.05) is 0 Å². The minimum Gasteiger partial charge on any atom is -1.00 e. The van der Waals surface area contributed by atoms with E-state index in [2.05, 4.69) is 59.3 Å². The molecule has 1 rings (SSSR count). The maximum Gasteiger partial charge on any atom is 0.135 e. The van der Waals surface area contributed by atoms with E-state index >= 15 is 0 Å². The zero-order valence-electron chi connectivity index (χ0n) is 18.9. The van der Waals surface area contributed by atoms with Gasteiger partial charge in [0.2, 0.25) is 0 Å². The Hall–Kier alpha value is -0.530. The van der Waals surface area contributed by atoms with Crippen molar-refractivity contribution >= 4 is 5.69 Å². The van der Waals surface area contributed by atoms with Gasteiger partial charge in [-0.3, -0.25) is 4.48 Å². The van der Waals surface area contributed by atoms with Crippen LogP contribution in [0.5, 0.6) is 0 Å². The molecular weight excluding hydrogens is 350 g/mol. The van der Waals surface area contributed by atoms with E-state index in [1.165, 1.54) is 89.2 Å². The quantitative estimate of drug-likeness (QED) is 0.287. The monoisotopic (exact) mass is 395 g/mol. The first-order chi connectivity index (χ1) is 12.5. The highest BCUT2D eigenvalue weighted by Crippen LogP contribution is 2.35. The fraction of sp³-hybridized carbons (Fsp3) is 0.760. The Balaban J connectivity index is 0.00000676. The average molecular weight is 396 g/mol. The minimum absolute atomic E-state index is 0. The fourth-order valence-corrected chi connectivity index (χ4v) is 4.13. The lowest BCUT2D eigenvalue weighted by Gasteiger charge is -2.29. The molecular formula is C25H46ClN. The van der Waals surface area contributed by atoms with Gasteiger partial charge in [-0.1, -0.05) is 103 Å². The van der Waals surface area contributed by atoms with Crippen molar-refractivity contribution in [2.24, 2.45) is 0 Å². The Morgan fingerprint density at radius 3 is 1.70 bits per heavy atom. The van der Waals surface area contributed by atoms with Gasteiger partial charge in [0.1, 0.15) is 5.69 Å². The summed E-state index contributed by atoms with van der Waals surface area (Å²) < 4.78 is 0.925. The molecule has 2 heteroatoms. The van der Waals surface area contributed by atoms with Crippen LogP contribution in [0, 0.1) is 0 Å². The summed E-state index contributed by atoms with van der Waals surface area (Å²) in [6.07, 6.45) is 18.3. The van der Waals surface area contributed by atoms with E-state index in [-0.39, 0.29) is 12.4 Å². The molecule has 0 saturated carbocycles. The zero-order chi connectivity index (χ0) is 19.3. The number of hydrogen-bond acceptors (Lipinski definition) is 0. The highest BCUT2D eigenvalue weighted by atomic mass is 35.5. The van der Waals surface area contributed by atoms with Gasteiger partial charge in [0.05, 0.1) is 21.1 Å². The van der Waals surface area contributed by atoms with Crippen LogP contribution in [0.4, 0.5) is 5.69 Å². The lowest BCUT2D eigenvalue weighted by Crippen LogP contribution is -3.00. The second kappa shape index (κ2) is 15.4. The third-order valence-corrected chi connectivity index (χ3v) is 5.64. The van der Waals surface area contributed by atoms with Crippen molar-refractivity contribution in [3.05, 3.63) is 29.8 Å². The van der Waals surface area contributed by atoms with Gasteiger partial charge in [-0.15, -0.1) is 0 Å². The number of quaternary nitrogens is 1. The third-order valence-electron chi connectivity index (χ3n) is 5.64. The van der Waals surface area contributed by atoms with Gasteiger partial charge >= 0.3 is 0 Å². The molecule has 1 atom stereocenters. The molecule has 158 valence electrons. The maximum absolute atomic E-state index is 2.38. The molecule has 0 aliphatic rings. The largest absolute Gasteiger partial charge is 1.00 e. The van der Waals surface area contributed by atoms with E-state index in [0.717, 1.165) is 10.4 Å². The van der Waals surface area contributed by atoms with E-state index in [0.29, 0.717) is 0 Å². The number of rotatable bonds is 15. The first kappa shape index (κ1) is 26.5. The lowest BCUT2D eigenvalue weighted by atomic mass is 9.87. The van der Waals surface area contributed by atoms with Crippen molar-refractivity contribution in [2.75, 3.05) is 21.1 Å². The van der Waals surface area contributed by atoms with E-state index < -0.39 is 0 Å². The first-order valence-corrected chi connectivity index (χ1v) is 11.4. The van der Waals surface area contributed by atoms with Crippen LogP contribution in [0.15, 0.2) is 24.3 Å². The lowest BCUT2D eigenvalue weighted by molar-refractivity contribution is -0.00000596. The summed E-state index contributed by atoms with van der Waals surface area (Å²) in [6, 6.07) is 9.15. The number of nitrogens with zero attached hydrogens (tertiary/aromatic N) is 1. The Labute approximate surface area is 176 Å². The number of hydrogen-bond donors (Lipinski definition) is 0. The normalized spacial score (nSPS) is 12.6. The molecule has 27 heavy (non-hydrogen) atoms. The summed E-state index contributed by atoms with van der Waals surface area (Å²) in [4.78, 5) is 0. The van der Waals surface area contributed by atoms with Gasteiger partial charge in [-0.25, -0.2) is 0 Å². The molecule has 0 aliphatic carbocycles. The van der Waals surface area contributed by atoms with Crippen molar-refractivity contribution in [1.29, 1.82) is 0 Å². The molecule has 0 spiro atoms. The Morgan fingerprint density at radius 2 is 1.19 bits per heavy atom. The second-order valence-corrected chi connectivity index (χ2v) is 9.03. The Morgan fingerprint density at radius 1 is 0.667 bits per heavy atom. The van der Waals surface area contributed by atoms with E-state index in [1.54, 1.807) is 5.56 Å². The first-order valence-electron chi connectivity index (χ1n) is 11.4. The molecule has 1 aromatic carbocycles. The number of halogens is 1. The van der Waals surface area contributed by atoms with E-state index in [4.69, 9.17) is 0 Å². The molecule has 0 N–H and O–H groups in total. The van der Waals surface area contributed by atoms with Gasteiger partial charge in [-0.05, 0) is 24.8 Å². The molecule has 0 bridgehead atoms. The van der Waals surface area contributed by atoms with Crippen LogP contribution in [-0.2, 0) is 0 Å². The van der Waals surface area contributed by atoms with Gasteiger partial charge in [0.25, 0.3) is 0 Å². The van der Waals surface area contributed by atoms with Gasteiger partial charge in [0.15, 0.2) is 0 Å². The molecule has 0 amide bonds. The summed E-state index contributed by atoms with van der Waals surface area (Å²) in [5, 5.41) is 0. The molecule has 1 nitrogen and oxygen atoms in total. The number of para-hydroxylation sites is 1. The molecule has 0 aliphatic heterocycles. The summed E-state index contributed by atoms with van der Waals surface area (Å²) in [5.74, 6) is 0.739. The molecule has 0 radical (unpaired) electrons. The van der Waals surface area contributed by atoms with Crippen LogP contribution >= 0.6 is 0 Å². The van der Waals surface area contributed by atoms with Crippen molar-refractivity contribution in [1.82, 2.24) is 4.48 Å². The second-order valence-electron chi connectivity index (χ2n) is 9.03. The summed E-state index contributed by atoms with van der Waals surface area (Å²) in [6.45, 7) is 4.63. The minimum atomic E-state index is 0. The topological polar surface area (TPSA) is 0 Å². The molecule has 0 fully saturated rings. The standard InChI is InChI=1S/C25H46N.ClH/c1-6-8-9-10-11-12-13-14-15-16-20-23(19-7-2)24-21-17-18-22-25(24)26(3,4)5;/h17-18,21-23H,6-16,19-20H2,1-5H3;1H/q+1;/p-1. The van der Waals surface area contributed by atoms with E-state index in [9.17, 15) is 0 Å². The van der Waals surface area contributed by atoms with Crippen molar-refractivity contribution in [3.63, 3.8) is 0 Å². The van der Waals surface area contributed by atoms with Crippen LogP contribution in [0.1, 0.15) is 109 Å². The SMILES string of the molecule is CCCCCCCCCCCCC(CCC)c1ccccc1[N+](C)(C)C.[Cl-]. The van der Waals surface area contributed by atoms with Crippen LogP contribution in [0.25, 0.3) is 0 Å². The van der Waals surface area contributed by atoms with Crippen LogP contribution in [-0.4, -0.2) is 21.1 Å². The highest BCUT2D eigenvalue weighted by molar-refractivity contribution is 5.51. The van der Waals surface area contributed by atoms with Crippen molar-refractivity contribution in [3.8, 4) is 0 Å². The van der Waals surface area contributed by atoms with Crippen LogP contribution in [0.3, 0.4) is 0 Å². The predicted octanol–water partition coefficient (Wildman–Crippen LogP) is 5.08. The van der Waals surface area contributed by atoms with Gasteiger partial charge < -0.3 is 12.4 Å². The Bertz CT molecular complexity index is 464. The molecule has 0 heterocycles. The fourth-order valence-electron chi connectivity index (χ4n) is 4.13. The van der Waals surface area contributed by atoms with Crippen LogP contribution < -0.4 is 16.9 Å². The highest BCUT2D eigenvalue weighted by Gasteiger charge is 2.22. The molecule has 1 aromatic rings. The maximum atomic E-state index is 2.38. The molecule has 1 unspecified atom stereocenters. The number of unbranched alkanes of at least 4 members (excludes halogenated alkanes) is 9. The predicted molar refractivity (Wildman–Crippen MR) is 120 cm³/mol. The zero-order valence-corrected chi connectivity index (χ0v) is 19.7. The number of benzene rings is 1. The summed E-state index contributed by atoms with van der Waals surface area (Å²) >= 11 is 0.